The van der Waals surface area contributed by atoms with Crippen molar-refractivity contribution in [3.8, 4) is 5.69 Å². The summed E-state index contributed by atoms with van der Waals surface area (Å²) in [5.41, 5.74) is 4.10. The molecule has 0 saturated heterocycles. The highest BCUT2D eigenvalue weighted by Gasteiger charge is 2.26. The van der Waals surface area contributed by atoms with Crippen LogP contribution in [0, 0.1) is 13.8 Å². The van der Waals surface area contributed by atoms with Crippen molar-refractivity contribution in [3.63, 3.8) is 0 Å². The molecule has 34 heavy (non-hydrogen) atoms. The van der Waals surface area contributed by atoms with Crippen molar-refractivity contribution in [3.05, 3.63) is 98.5 Å². The van der Waals surface area contributed by atoms with Crippen LogP contribution in [0.4, 0.5) is 10.5 Å². The third-order valence-electron chi connectivity index (χ3n) is 6.10. The molecule has 0 aliphatic carbocycles. The Morgan fingerprint density at radius 3 is 2.53 bits per heavy atom. The van der Waals surface area contributed by atoms with E-state index in [0.717, 1.165) is 21.3 Å². The van der Waals surface area contributed by atoms with Gasteiger partial charge in [-0.25, -0.2) is 9.78 Å². The lowest BCUT2D eigenvalue weighted by molar-refractivity contribution is 0.199. The Kier molecular flexibility index (Phi) is 6.84. The van der Waals surface area contributed by atoms with Crippen molar-refractivity contribution in [2.75, 3.05) is 12.4 Å². The van der Waals surface area contributed by atoms with E-state index in [2.05, 4.69) is 21.2 Å². The topological polar surface area (TPSA) is 67.2 Å². The fourth-order valence-electron chi connectivity index (χ4n) is 4.04. The number of para-hydroxylation sites is 1. The van der Waals surface area contributed by atoms with E-state index in [9.17, 15) is 9.59 Å². The van der Waals surface area contributed by atoms with Crippen molar-refractivity contribution in [2.45, 2.75) is 33.2 Å². The summed E-state index contributed by atoms with van der Waals surface area (Å²) in [6, 6.07) is 20.0. The van der Waals surface area contributed by atoms with E-state index in [-0.39, 0.29) is 11.6 Å². The lowest BCUT2D eigenvalue weighted by atomic mass is 10.1. The monoisotopic (exact) mass is 518 g/mol. The molecule has 0 spiro atoms. The number of carbonyl (C=O) groups is 1. The number of amides is 2. The summed E-state index contributed by atoms with van der Waals surface area (Å²) in [6.45, 7) is 6.04. The van der Waals surface area contributed by atoms with E-state index in [4.69, 9.17) is 4.98 Å². The fraction of sp³-hybridized carbons (Fsp3) is 0.222. The predicted octanol–water partition coefficient (Wildman–Crippen LogP) is 6.38. The number of hydrogen-bond acceptors (Lipinski definition) is 3. The molecule has 174 valence electrons. The molecule has 3 aromatic carbocycles. The fourth-order valence-corrected chi connectivity index (χ4v) is 4.44. The Balaban J connectivity index is 1.84. The maximum atomic E-state index is 13.7. The van der Waals surface area contributed by atoms with Crippen LogP contribution in [0.3, 0.4) is 0 Å². The summed E-state index contributed by atoms with van der Waals surface area (Å²) in [5.74, 6) is 0.529. The van der Waals surface area contributed by atoms with Gasteiger partial charge in [0.1, 0.15) is 5.82 Å². The lowest BCUT2D eigenvalue weighted by Crippen LogP contribution is -2.38. The van der Waals surface area contributed by atoms with Gasteiger partial charge >= 0.3 is 6.03 Å². The van der Waals surface area contributed by atoms with Crippen molar-refractivity contribution < 1.29 is 4.79 Å². The summed E-state index contributed by atoms with van der Waals surface area (Å²) < 4.78 is 2.52. The Bertz CT molecular complexity index is 1430. The van der Waals surface area contributed by atoms with Gasteiger partial charge in [0.25, 0.3) is 5.56 Å². The standard InChI is InChI=1S/C27H27BrN4O2/c1-5-24(31(4)27(34)29-20-10-8-9-19(28)16-20)25-30-23-12-7-6-11-22(23)26(33)32(25)21-14-13-17(2)18(3)15-21/h6-16,24H,5H2,1-4H3,(H,29,34). The molecule has 0 aliphatic heterocycles. The lowest BCUT2D eigenvalue weighted by Gasteiger charge is -2.29. The SMILES string of the molecule is CCC(c1nc2ccccc2c(=O)n1-c1ccc(C)c(C)c1)N(C)C(=O)Nc1cccc(Br)c1. The number of hydrogen-bond donors (Lipinski definition) is 1. The maximum Gasteiger partial charge on any atom is 0.322 e. The van der Waals surface area contributed by atoms with Gasteiger partial charge in [0.05, 0.1) is 22.6 Å². The molecule has 2 amide bonds. The largest absolute Gasteiger partial charge is 0.322 e. The van der Waals surface area contributed by atoms with Crippen LogP contribution in [0.15, 0.2) is 76.0 Å². The van der Waals surface area contributed by atoms with Gasteiger partial charge < -0.3 is 10.2 Å². The van der Waals surface area contributed by atoms with Crippen molar-refractivity contribution >= 4 is 38.6 Å². The van der Waals surface area contributed by atoms with Crippen molar-refractivity contribution in [2.24, 2.45) is 0 Å². The molecule has 1 atom stereocenters. The molecule has 1 aromatic heterocycles. The van der Waals surface area contributed by atoms with E-state index < -0.39 is 6.04 Å². The van der Waals surface area contributed by atoms with E-state index >= 15 is 0 Å². The number of carbonyl (C=O) groups excluding carboxylic acids is 1. The first-order chi connectivity index (χ1) is 16.3. The second-order valence-electron chi connectivity index (χ2n) is 8.37. The molecule has 4 rings (SSSR count). The van der Waals surface area contributed by atoms with Gasteiger partial charge in [-0.3, -0.25) is 9.36 Å². The van der Waals surface area contributed by atoms with Crippen molar-refractivity contribution in [1.29, 1.82) is 0 Å². The summed E-state index contributed by atoms with van der Waals surface area (Å²) in [7, 11) is 1.73. The quantitative estimate of drug-likeness (QED) is 0.333. The normalized spacial score (nSPS) is 11.9. The Labute approximate surface area is 207 Å². The minimum absolute atomic E-state index is 0.150. The number of fused-ring (bicyclic) bond motifs is 1. The third-order valence-corrected chi connectivity index (χ3v) is 6.59. The molecule has 1 unspecified atom stereocenters. The summed E-state index contributed by atoms with van der Waals surface area (Å²) in [6.07, 6.45) is 0.581. The number of rotatable bonds is 5. The van der Waals surface area contributed by atoms with Crippen LogP contribution in [0.2, 0.25) is 0 Å². The molecule has 1 N–H and O–H groups in total. The first-order valence-corrected chi connectivity index (χ1v) is 12.0. The van der Waals surface area contributed by atoms with Gasteiger partial charge in [0.15, 0.2) is 0 Å². The van der Waals surface area contributed by atoms with Crippen LogP contribution in [-0.4, -0.2) is 27.5 Å². The number of anilines is 1. The number of aromatic nitrogens is 2. The average molecular weight is 519 g/mol. The molecule has 0 radical (unpaired) electrons. The Morgan fingerprint density at radius 2 is 1.82 bits per heavy atom. The first kappa shape index (κ1) is 23.7. The smallest absolute Gasteiger partial charge is 0.317 e. The Hall–Kier alpha value is -3.45. The van der Waals surface area contributed by atoms with Gasteiger partial charge in [-0.1, -0.05) is 47.1 Å². The minimum Gasteiger partial charge on any atom is -0.317 e. The van der Waals surface area contributed by atoms with E-state index in [0.29, 0.717) is 28.8 Å². The predicted molar refractivity (Wildman–Crippen MR) is 141 cm³/mol. The van der Waals surface area contributed by atoms with Crippen LogP contribution >= 0.6 is 15.9 Å². The van der Waals surface area contributed by atoms with E-state index in [1.807, 2.05) is 81.4 Å². The molecule has 4 aromatic rings. The summed E-state index contributed by atoms with van der Waals surface area (Å²) in [4.78, 5) is 33.4. The summed E-state index contributed by atoms with van der Waals surface area (Å²) >= 11 is 3.43. The van der Waals surface area contributed by atoms with E-state index in [1.165, 1.54) is 0 Å². The van der Waals surface area contributed by atoms with Crippen LogP contribution < -0.4 is 10.9 Å². The average Bonchev–Trinajstić information content (AvgIpc) is 2.81. The zero-order valence-electron chi connectivity index (χ0n) is 19.7. The number of halogens is 1. The number of nitrogens with zero attached hydrogens (tertiary/aromatic N) is 3. The molecule has 6 nitrogen and oxygen atoms in total. The molecule has 0 fully saturated rings. The van der Waals surface area contributed by atoms with Gasteiger partial charge in [0.2, 0.25) is 0 Å². The summed E-state index contributed by atoms with van der Waals surface area (Å²) in [5, 5.41) is 3.48. The first-order valence-electron chi connectivity index (χ1n) is 11.2. The highest BCUT2D eigenvalue weighted by Crippen LogP contribution is 2.26. The van der Waals surface area contributed by atoms with Crippen LogP contribution in [-0.2, 0) is 0 Å². The van der Waals surface area contributed by atoms with Crippen LogP contribution in [0.25, 0.3) is 16.6 Å². The van der Waals surface area contributed by atoms with Gasteiger partial charge in [0, 0.05) is 17.2 Å². The van der Waals surface area contributed by atoms with Gasteiger partial charge in [-0.05, 0) is 73.9 Å². The zero-order chi connectivity index (χ0) is 24.4. The van der Waals surface area contributed by atoms with Gasteiger partial charge in [-0.15, -0.1) is 0 Å². The molecular weight excluding hydrogens is 492 g/mol. The third kappa shape index (κ3) is 4.61. The number of urea groups is 1. The Morgan fingerprint density at radius 1 is 1.06 bits per heavy atom. The minimum atomic E-state index is -0.425. The molecule has 0 bridgehead atoms. The second kappa shape index (κ2) is 9.81. The molecular formula is C27H27BrN4O2. The van der Waals surface area contributed by atoms with Crippen molar-refractivity contribution in [1.82, 2.24) is 14.5 Å². The molecule has 1 heterocycles. The number of nitrogens with one attached hydrogen (secondary N) is 1. The van der Waals surface area contributed by atoms with Gasteiger partial charge in [-0.2, -0.15) is 0 Å². The van der Waals surface area contributed by atoms with Crippen LogP contribution in [0.1, 0.15) is 36.3 Å². The second-order valence-corrected chi connectivity index (χ2v) is 9.29. The van der Waals surface area contributed by atoms with Crippen LogP contribution in [0.5, 0.6) is 0 Å². The highest BCUT2D eigenvalue weighted by molar-refractivity contribution is 9.10. The zero-order valence-corrected chi connectivity index (χ0v) is 21.3. The highest BCUT2D eigenvalue weighted by atomic mass is 79.9. The number of aryl methyl sites for hydroxylation is 2. The number of benzene rings is 3. The van der Waals surface area contributed by atoms with E-state index in [1.54, 1.807) is 22.6 Å². The molecule has 0 aliphatic rings. The molecule has 0 saturated carbocycles. The maximum absolute atomic E-state index is 13.7. The molecule has 7 heteroatoms.